The number of rotatable bonds is 3. The van der Waals surface area contributed by atoms with Crippen LogP contribution in [0, 0.1) is 0 Å². The molecule has 2 N–H and O–H groups in total. The van der Waals surface area contributed by atoms with Crippen LogP contribution in [0.15, 0.2) is 6.07 Å². The molecule has 1 aromatic rings. The van der Waals surface area contributed by atoms with Gasteiger partial charge in [0.15, 0.2) is 23.0 Å². The highest BCUT2D eigenvalue weighted by molar-refractivity contribution is 6.34. The van der Waals surface area contributed by atoms with Crippen LogP contribution in [0.2, 0.25) is 5.02 Å². The number of carbonyl (C=O) groups is 1. The zero-order valence-corrected chi connectivity index (χ0v) is 9.34. The van der Waals surface area contributed by atoms with Crippen LogP contribution >= 0.6 is 11.6 Å². The number of benzene rings is 1. The highest BCUT2D eigenvalue weighted by atomic mass is 35.5. The molecular formula is C10H10ClNO4. The van der Waals surface area contributed by atoms with E-state index in [-0.39, 0.29) is 29.9 Å². The quantitative estimate of drug-likeness (QED) is 0.809. The molecule has 0 bridgehead atoms. The van der Waals surface area contributed by atoms with E-state index < -0.39 is 0 Å². The zero-order valence-electron chi connectivity index (χ0n) is 8.58. The maximum atomic E-state index is 11.6. The van der Waals surface area contributed by atoms with E-state index in [0.717, 1.165) is 0 Å². The third-order valence-corrected chi connectivity index (χ3v) is 2.59. The van der Waals surface area contributed by atoms with Crippen molar-refractivity contribution in [1.82, 2.24) is 0 Å². The summed E-state index contributed by atoms with van der Waals surface area (Å²) in [5.74, 6) is 0.827. The Balaban J connectivity index is 2.61. The van der Waals surface area contributed by atoms with Crippen molar-refractivity contribution in [3.8, 4) is 17.2 Å². The molecule has 0 fully saturated rings. The molecule has 5 nitrogen and oxygen atoms in total. The molecule has 0 spiro atoms. The van der Waals surface area contributed by atoms with Gasteiger partial charge in [-0.2, -0.15) is 0 Å². The summed E-state index contributed by atoms with van der Waals surface area (Å²) in [5.41, 5.74) is 5.61. The number of nitrogens with two attached hydrogens (primary N) is 1. The Hall–Kier alpha value is -1.46. The first kappa shape index (κ1) is 11.0. The fourth-order valence-electron chi connectivity index (χ4n) is 1.50. The lowest BCUT2D eigenvalue weighted by Gasteiger charge is -2.10. The molecule has 0 aromatic heterocycles. The van der Waals surface area contributed by atoms with E-state index in [9.17, 15) is 4.79 Å². The predicted octanol–water partition coefficient (Wildman–Crippen LogP) is 1.22. The number of ether oxygens (including phenoxy) is 3. The van der Waals surface area contributed by atoms with Crippen LogP contribution in [-0.4, -0.2) is 26.2 Å². The molecule has 6 heteroatoms. The molecule has 0 amide bonds. The van der Waals surface area contributed by atoms with Crippen molar-refractivity contribution >= 4 is 17.4 Å². The average molecular weight is 244 g/mol. The molecule has 0 unspecified atom stereocenters. The minimum atomic E-state index is -0.267. The van der Waals surface area contributed by atoms with Gasteiger partial charge in [0.2, 0.25) is 6.79 Å². The smallest absolute Gasteiger partial charge is 0.231 e. The number of hydrogen-bond acceptors (Lipinski definition) is 5. The van der Waals surface area contributed by atoms with Crippen molar-refractivity contribution in [2.24, 2.45) is 5.73 Å². The molecule has 0 saturated carbocycles. The van der Waals surface area contributed by atoms with Gasteiger partial charge in [0, 0.05) is 0 Å². The molecule has 1 aliphatic rings. The van der Waals surface area contributed by atoms with Gasteiger partial charge >= 0.3 is 0 Å². The minimum absolute atomic E-state index is 0.0818. The standard InChI is InChI=1S/C10H10ClNO4/c1-14-9-5(6(13)3-12)2-7-10(8(9)11)16-4-15-7/h2H,3-4,12H2,1H3. The molecule has 2 rings (SSSR count). The van der Waals surface area contributed by atoms with Crippen LogP contribution in [0.3, 0.4) is 0 Å². The third-order valence-electron chi connectivity index (χ3n) is 2.25. The van der Waals surface area contributed by atoms with Crippen molar-refractivity contribution in [3.63, 3.8) is 0 Å². The maximum absolute atomic E-state index is 11.6. The molecule has 0 atom stereocenters. The Morgan fingerprint density at radius 3 is 3.00 bits per heavy atom. The Bertz CT molecular complexity index is 447. The normalized spacial score (nSPS) is 12.7. The van der Waals surface area contributed by atoms with E-state index in [1.807, 2.05) is 0 Å². The summed E-state index contributed by atoms with van der Waals surface area (Å²) in [6.45, 7) is -0.0369. The summed E-state index contributed by atoms with van der Waals surface area (Å²) in [6.07, 6.45) is 0. The zero-order chi connectivity index (χ0) is 11.7. The number of Topliss-reactive ketones (excluding diaryl/α,β-unsaturated/α-hetero) is 1. The molecule has 86 valence electrons. The van der Waals surface area contributed by atoms with Gasteiger partial charge < -0.3 is 19.9 Å². The monoisotopic (exact) mass is 243 g/mol. The van der Waals surface area contributed by atoms with Crippen LogP contribution in [0.25, 0.3) is 0 Å². The molecule has 1 aliphatic heterocycles. The Labute approximate surface area is 97.0 Å². The first-order valence-electron chi connectivity index (χ1n) is 4.58. The summed E-state index contributed by atoms with van der Waals surface area (Å²) >= 11 is 6.04. The Morgan fingerprint density at radius 2 is 2.38 bits per heavy atom. The summed E-state index contributed by atoms with van der Waals surface area (Å²) in [5, 5.41) is 0.231. The Morgan fingerprint density at radius 1 is 1.62 bits per heavy atom. The highest BCUT2D eigenvalue weighted by Crippen LogP contribution is 2.46. The Kier molecular flexibility index (Phi) is 2.89. The topological polar surface area (TPSA) is 70.8 Å². The maximum Gasteiger partial charge on any atom is 0.231 e. The van der Waals surface area contributed by atoms with E-state index in [0.29, 0.717) is 17.1 Å². The van der Waals surface area contributed by atoms with Gasteiger partial charge in [-0.25, -0.2) is 0 Å². The average Bonchev–Trinajstić information content (AvgIpc) is 2.76. The van der Waals surface area contributed by atoms with Gasteiger partial charge in [0.1, 0.15) is 5.02 Å². The second kappa shape index (κ2) is 4.19. The van der Waals surface area contributed by atoms with Crippen molar-refractivity contribution in [3.05, 3.63) is 16.7 Å². The fourth-order valence-corrected chi connectivity index (χ4v) is 1.83. The fraction of sp³-hybridized carbons (Fsp3) is 0.300. The second-order valence-electron chi connectivity index (χ2n) is 3.13. The molecule has 1 aromatic carbocycles. The molecule has 0 radical (unpaired) electrons. The summed E-state index contributed by atoms with van der Waals surface area (Å²) in [4.78, 5) is 11.6. The van der Waals surface area contributed by atoms with Gasteiger partial charge in [-0.15, -0.1) is 0 Å². The van der Waals surface area contributed by atoms with Gasteiger partial charge in [0.25, 0.3) is 0 Å². The van der Waals surface area contributed by atoms with E-state index in [1.165, 1.54) is 13.2 Å². The number of methoxy groups -OCH3 is 1. The van der Waals surface area contributed by atoms with Crippen LogP contribution < -0.4 is 19.9 Å². The molecule has 16 heavy (non-hydrogen) atoms. The van der Waals surface area contributed by atoms with Crippen molar-refractivity contribution in [1.29, 1.82) is 0 Å². The van der Waals surface area contributed by atoms with Gasteiger partial charge in [-0.05, 0) is 6.07 Å². The van der Waals surface area contributed by atoms with Gasteiger partial charge in [-0.3, -0.25) is 4.79 Å². The van der Waals surface area contributed by atoms with Gasteiger partial charge in [-0.1, -0.05) is 11.6 Å². The summed E-state index contributed by atoms with van der Waals surface area (Å²) < 4.78 is 15.4. The first-order valence-corrected chi connectivity index (χ1v) is 4.96. The largest absolute Gasteiger partial charge is 0.494 e. The number of fused-ring (bicyclic) bond motifs is 1. The molecule has 0 saturated heterocycles. The second-order valence-corrected chi connectivity index (χ2v) is 3.51. The first-order chi connectivity index (χ1) is 7.69. The van der Waals surface area contributed by atoms with E-state index in [1.54, 1.807) is 0 Å². The molecular weight excluding hydrogens is 234 g/mol. The van der Waals surface area contributed by atoms with E-state index in [2.05, 4.69) is 0 Å². The lowest BCUT2D eigenvalue weighted by molar-refractivity contribution is 0.0998. The SMILES string of the molecule is COc1c(C(=O)CN)cc2c(c1Cl)OCO2. The number of ketones is 1. The van der Waals surface area contributed by atoms with Crippen LogP contribution in [0.1, 0.15) is 10.4 Å². The molecule has 1 heterocycles. The highest BCUT2D eigenvalue weighted by Gasteiger charge is 2.26. The van der Waals surface area contributed by atoms with Crippen LogP contribution in [0.5, 0.6) is 17.2 Å². The van der Waals surface area contributed by atoms with Crippen LogP contribution in [0.4, 0.5) is 0 Å². The lowest BCUT2D eigenvalue weighted by atomic mass is 10.1. The number of halogens is 1. The molecule has 0 aliphatic carbocycles. The van der Waals surface area contributed by atoms with E-state index >= 15 is 0 Å². The predicted molar refractivity (Wildman–Crippen MR) is 57.5 cm³/mol. The summed E-state index contributed by atoms with van der Waals surface area (Å²) in [7, 11) is 1.43. The van der Waals surface area contributed by atoms with E-state index in [4.69, 9.17) is 31.5 Å². The summed E-state index contributed by atoms with van der Waals surface area (Å²) in [6, 6.07) is 1.53. The van der Waals surface area contributed by atoms with Gasteiger partial charge in [0.05, 0.1) is 19.2 Å². The minimum Gasteiger partial charge on any atom is -0.494 e. The van der Waals surface area contributed by atoms with Crippen LogP contribution in [-0.2, 0) is 0 Å². The van der Waals surface area contributed by atoms with Crippen molar-refractivity contribution in [2.75, 3.05) is 20.4 Å². The lowest BCUT2D eigenvalue weighted by Crippen LogP contribution is -2.14. The number of hydrogen-bond donors (Lipinski definition) is 1. The third kappa shape index (κ3) is 1.58. The number of carbonyl (C=O) groups excluding carboxylic acids is 1. The van der Waals surface area contributed by atoms with Crippen molar-refractivity contribution < 1.29 is 19.0 Å². The van der Waals surface area contributed by atoms with Crippen molar-refractivity contribution in [2.45, 2.75) is 0 Å².